The van der Waals surface area contributed by atoms with E-state index < -0.39 is 0 Å². The number of benzene rings is 3. The van der Waals surface area contributed by atoms with Crippen molar-refractivity contribution in [3.05, 3.63) is 72.8 Å². The highest BCUT2D eigenvalue weighted by atomic mass is 32.2. The van der Waals surface area contributed by atoms with E-state index in [9.17, 15) is 0 Å². The molecule has 0 atom stereocenters. The predicted octanol–water partition coefficient (Wildman–Crippen LogP) is 5.97. The standard InChI is InChI=1S/C19H15S3/c1-20-14-10-12-15(13-11-14)22-18-8-4-2-6-16(18)21-17-7-3-5-9-19(17)22/h2-13H,1H3/q+1. The minimum absolute atomic E-state index is 0.00174. The van der Waals surface area contributed by atoms with Crippen LogP contribution in [0, 0.1) is 0 Å². The molecule has 22 heavy (non-hydrogen) atoms. The van der Waals surface area contributed by atoms with Gasteiger partial charge in [0.1, 0.15) is 10.9 Å². The van der Waals surface area contributed by atoms with Crippen molar-refractivity contribution >= 4 is 34.4 Å². The van der Waals surface area contributed by atoms with E-state index in [0.717, 1.165) is 0 Å². The molecule has 0 radical (unpaired) electrons. The van der Waals surface area contributed by atoms with Crippen molar-refractivity contribution in [2.24, 2.45) is 0 Å². The molecule has 0 fully saturated rings. The molecule has 0 unspecified atom stereocenters. The number of rotatable bonds is 2. The number of hydrogen-bond acceptors (Lipinski definition) is 2. The summed E-state index contributed by atoms with van der Waals surface area (Å²) in [7, 11) is 0.00174. The van der Waals surface area contributed by atoms with E-state index in [4.69, 9.17) is 0 Å². The molecule has 3 aromatic rings. The Bertz CT molecular complexity index is 763. The summed E-state index contributed by atoms with van der Waals surface area (Å²) in [5.74, 6) is 0. The molecule has 4 rings (SSSR count). The smallest absolute Gasteiger partial charge is 0.130 e. The summed E-state index contributed by atoms with van der Waals surface area (Å²) < 4.78 is 0. The van der Waals surface area contributed by atoms with Crippen LogP contribution in [-0.2, 0) is 10.9 Å². The lowest BCUT2D eigenvalue weighted by atomic mass is 10.3. The molecule has 108 valence electrons. The molecule has 1 aliphatic rings. The first-order valence-corrected chi connectivity index (χ1v) is 10.4. The Labute approximate surface area is 142 Å². The average Bonchev–Trinajstić information content (AvgIpc) is 2.60. The summed E-state index contributed by atoms with van der Waals surface area (Å²) in [5.41, 5.74) is 0. The molecule has 1 aliphatic heterocycles. The molecule has 0 spiro atoms. The molecular formula is C19H15S3+. The van der Waals surface area contributed by atoms with Crippen LogP contribution >= 0.6 is 23.5 Å². The Morgan fingerprint density at radius 1 is 0.727 bits per heavy atom. The van der Waals surface area contributed by atoms with Crippen molar-refractivity contribution in [1.82, 2.24) is 0 Å². The molecule has 0 aliphatic carbocycles. The van der Waals surface area contributed by atoms with Crippen LogP contribution in [-0.4, -0.2) is 6.26 Å². The van der Waals surface area contributed by atoms with Crippen LogP contribution in [0.25, 0.3) is 0 Å². The lowest BCUT2D eigenvalue weighted by molar-refractivity contribution is 1.12. The third-order valence-corrected chi connectivity index (χ3v) is 8.14. The van der Waals surface area contributed by atoms with E-state index in [0.29, 0.717) is 0 Å². The van der Waals surface area contributed by atoms with E-state index >= 15 is 0 Å². The minimum atomic E-state index is 0.00174. The Morgan fingerprint density at radius 2 is 1.27 bits per heavy atom. The van der Waals surface area contributed by atoms with Crippen LogP contribution in [0.1, 0.15) is 0 Å². The molecule has 3 aromatic carbocycles. The maximum absolute atomic E-state index is 2.29. The topological polar surface area (TPSA) is 0 Å². The van der Waals surface area contributed by atoms with Gasteiger partial charge in [0.15, 0.2) is 14.7 Å². The second kappa shape index (κ2) is 6.07. The van der Waals surface area contributed by atoms with E-state index in [-0.39, 0.29) is 10.9 Å². The van der Waals surface area contributed by atoms with Gasteiger partial charge in [0.05, 0.1) is 9.79 Å². The first kappa shape index (κ1) is 14.3. The van der Waals surface area contributed by atoms with Crippen LogP contribution < -0.4 is 0 Å². The number of fused-ring (bicyclic) bond motifs is 2. The Hall–Kier alpha value is -1.29. The summed E-state index contributed by atoms with van der Waals surface area (Å²) in [4.78, 5) is 8.39. The van der Waals surface area contributed by atoms with Crippen molar-refractivity contribution in [1.29, 1.82) is 0 Å². The zero-order valence-electron chi connectivity index (χ0n) is 12.2. The van der Waals surface area contributed by atoms with E-state index in [1.54, 1.807) is 11.8 Å². The van der Waals surface area contributed by atoms with Gasteiger partial charge in [-0.05, 0) is 54.8 Å². The van der Waals surface area contributed by atoms with Gasteiger partial charge in [0.25, 0.3) is 0 Å². The van der Waals surface area contributed by atoms with Gasteiger partial charge in [0, 0.05) is 4.90 Å². The summed E-state index contributed by atoms with van der Waals surface area (Å²) in [5, 5.41) is 0. The van der Waals surface area contributed by atoms with Crippen molar-refractivity contribution in [2.45, 2.75) is 29.4 Å². The van der Waals surface area contributed by atoms with Gasteiger partial charge in [-0.2, -0.15) is 0 Å². The fourth-order valence-corrected chi connectivity index (χ4v) is 6.76. The van der Waals surface area contributed by atoms with Gasteiger partial charge in [-0.3, -0.25) is 0 Å². The second-order valence-corrected chi connectivity index (χ2v) is 8.90. The fourth-order valence-electron chi connectivity index (χ4n) is 2.61. The number of hydrogen-bond donors (Lipinski definition) is 0. The largest absolute Gasteiger partial charge is 0.180 e. The SMILES string of the molecule is CSc1ccc([S+]2c3ccccc3Sc3ccccc32)cc1. The minimum Gasteiger partial charge on any atom is -0.130 e. The first-order valence-electron chi connectivity index (χ1n) is 7.11. The van der Waals surface area contributed by atoms with Crippen LogP contribution in [0.15, 0.2) is 102 Å². The zero-order valence-corrected chi connectivity index (χ0v) is 14.6. The number of thioether (sulfide) groups is 1. The van der Waals surface area contributed by atoms with Crippen LogP contribution in [0.4, 0.5) is 0 Å². The summed E-state index contributed by atoms with van der Waals surface area (Å²) in [6.45, 7) is 0. The fraction of sp³-hybridized carbons (Fsp3) is 0.0526. The highest BCUT2D eigenvalue weighted by Crippen LogP contribution is 2.48. The summed E-state index contributed by atoms with van der Waals surface area (Å²) in [6, 6.07) is 26.7. The molecule has 0 nitrogen and oxygen atoms in total. The van der Waals surface area contributed by atoms with Crippen molar-refractivity contribution < 1.29 is 0 Å². The lowest BCUT2D eigenvalue weighted by Gasteiger charge is -2.18. The summed E-state index contributed by atoms with van der Waals surface area (Å²) >= 11 is 3.69. The first-order chi connectivity index (χ1) is 10.9. The lowest BCUT2D eigenvalue weighted by Crippen LogP contribution is -2.10. The monoisotopic (exact) mass is 339 g/mol. The van der Waals surface area contributed by atoms with Crippen LogP contribution in [0.3, 0.4) is 0 Å². The maximum atomic E-state index is 2.29. The van der Waals surface area contributed by atoms with Crippen molar-refractivity contribution in [2.75, 3.05) is 6.26 Å². The van der Waals surface area contributed by atoms with Crippen LogP contribution in [0.2, 0.25) is 0 Å². The van der Waals surface area contributed by atoms with Crippen molar-refractivity contribution in [3.8, 4) is 0 Å². The van der Waals surface area contributed by atoms with Gasteiger partial charge in [-0.1, -0.05) is 36.0 Å². The molecule has 0 aromatic heterocycles. The van der Waals surface area contributed by atoms with Crippen molar-refractivity contribution in [3.63, 3.8) is 0 Å². The van der Waals surface area contributed by atoms with Gasteiger partial charge in [-0.25, -0.2) is 0 Å². The van der Waals surface area contributed by atoms with E-state index in [1.165, 1.54) is 29.4 Å². The Morgan fingerprint density at radius 3 is 1.82 bits per heavy atom. The molecule has 3 heteroatoms. The third kappa shape index (κ3) is 2.47. The molecule has 0 N–H and O–H groups in total. The quantitative estimate of drug-likeness (QED) is 0.326. The summed E-state index contributed by atoms with van der Waals surface area (Å²) in [6.07, 6.45) is 2.12. The third-order valence-electron chi connectivity index (χ3n) is 3.65. The second-order valence-electron chi connectivity index (χ2n) is 4.98. The molecular weight excluding hydrogens is 324 g/mol. The average molecular weight is 340 g/mol. The maximum Gasteiger partial charge on any atom is 0.180 e. The highest BCUT2D eigenvalue weighted by Gasteiger charge is 2.37. The molecule has 0 amide bonds. The molecule has 1 heterocycles. The van der Waals surface area contributed by atoms with E-state index in [2.05, 4.69) is 79.1 Å². The van der Waals surface area contributed by atoms with E-state index in [1.807, 2.05) is 11.8 Å². The van der Waals surface area contributed by atoms with Gasteiger partial charge in [0.2, 0.25) is 0 Å². The molecule has 0 saturated heterocycles. The van der Waals surface area contributed by atoms with Gasteiger partial charge < -0.3 is 0 Å². The molecule has 0 bridgehead atoms. The normalized spacial score (nSPS) is 13.5. The highest BCUT2D eigenvalue weighted by molar-refractivity contribution is 8.04. The van der Waals surface area contributed by atoms with Gasteiger partial charge >= 0.3 is 0 Å². The Balaban J connectivity index is 1.90. The molecule has 0 saturated carbocycles. The zero-order chi connectivity index (χ0) is 14.9. The van der Waals surface area contributed by atoms with Gasteiger partial charge in [-0.15, -0.1) is 11.8 Å². The predicted molar refractivity (Wildman–Crippen MR) is 97.4 cm³/mol. The van der Waals surface area contributed by atoms with Crippen LogP contribution in [0.5, 0.6) is 0 Å². The Kier molecular flexibility index (Phi) is 3.95.